The monoisotopic (exact) mass is 112 g/mol. The highest BCUT2D eigenvalue weighted by atomic mass is 16.5. The second-order valence-corrected chi connectivity index (χ2v) is 2.13. The van der Waals surface area contributed by atoms with E-state index < -0.39 is 0 Å². The van der Waals surface area contributed by atoms with Crippen LogP contribution in [0.4, 0.5) is 0 Å². The quantitative estimate of drug-likeness (QED) is 0.494. The van der Waals surface area contributed by atoms with E-state index in [0.29, 0.717) is 0 Å². The van der Waals surface area contributed by atoms with Gasteiger partial charge in [-0.15, -0.1) is 0 Å². The maximum atomic E-state index is 5.12. The fraction of sp³-hybridized carbons (Fsp3) is 0.714. The molecule has 1 aliphatic heterocycles. The molecule has 0 radical (unpaired) electrons. The van der Waals surface area contributed by atoms with Crippen molar-refractivity contribution >= 4 is 0 Å². The lowest BCUT2D eigenvalue weighted by atomic mass is 10.2. The topological polar surface area (TPSA) is 9.23 Å². The van der Waals surface area contributed by atoms with E-state index in [9.17, 15) is 0 Å². The molecular formula is C7H12O. The zero-order chi connectivity index (χ0) is 5.82. The van der Waals surface area contributed by atoms with Crippen LogP contribution in [0, 0.1) is 0 Å². The van der Waals surface area contributed by atoms with Gasteiger partial charge < -0.3 is 4.74 Å². The van der Waals surface area contributed by atoms with Crippen molar-refractivity contribution in [1.29, 1.82) is 0 Å². The molecule has 1 aliphatic rings. The zero-order valence-electron chi connectivity index (χ0n) is 5.31. The van der Waals surface area contributed by atoms with Crippen LogP contribution in [0.3, 0.4) is 0 Å². The van der Waals surface area contributed by atoms with Crippen LogP contribution in [0.2, 0.25) is 0 Å². The molecule has 0 atom stereocenters. The molecule has 0 fully saturated rings. The summed E-state index contributed by atoms with van der Waals surface area (Å²) in [6.07, 6.45) is 4.65. The molecule has 0 unspecified atom stereocenters. The Morgan fingerprint density at radius 2 is 2.62 bits per heavy atom. The molecule has 8 heavy (non-hydrogen) atoms. The highest BCUT2D eigenvalue weighted by Gasteiger charge is 2.00. The van der Waals surface area contributed by atoms with Gasteiger partial charge in [-0.2, -0.15) is 0 Å². The third-order valence-electron chi connectivity index (χ3n) is 1.35. The van der Waals surface area contributed by atoms with Gasteiger partial charge >= 0.3 is 0 Å². The molecule has 0 amide bonds. The van der Waals surface area contributed by atoms with Crippen LogP contribution in [0.25, 0.3) is 0 Å². The van der Waals surface area contributed by atoms with Crippen LogP contribution in [0.1, 0.15) is 19.8 Å². The van der Waals surface area contributed by atoms with Gasteiger partial charge in [-0.05, 0) is 12.0 Å². The van der Waals surface area contributed by atoms with Gasteiger partial charge in [0, 0.05) is 0 Å². The molecule has 0 aliphatic carbocycles. The summed E-state index contributed by atoms with van der Waals surface area (Å²) in [5.41, 5.74) is 1.48. The van der Waals surface area contributed by atoms with E-state index in [0.717, 1.165) is 13.2 Å². The number of rotatable bonds is 2. The molecule has 0 aromatic heterocycles. The van der Waals surface area contributed by atoms with Gasteiger partial charge in [0.15, 0.2) is 0 Å². The summed E-state index contributed by atoms with van der Waals surface area (Å²) in [5.74, 6) is 0. The maximum Gasteiger partial charge on any atom is 0.0681 e. The first-order valence-electron chi connectivity index (χ1n) is 3.19. The van der Waals surface area contributed by atoms with Crippen molar-refractivity contribution in [1.82, 2.24) is 0 Å². The van der Waals surface area contributed by atoms with Crippen molar-refractivity contribution in [2.75, 3.05) is 13.2 Å². The average molecular weight is 112 g/mol. The van der Waals surface area contributed by atoms with Crippen molar-refractivity contribution in [2.24, 2.45) is 0 Å². The fourth-order valence-electron chi connectivity index (χ4n) is 0.921. The van der Waals surface area contributed by atoms with Crippen LogP contribution < -0.4 is 0 Å². The van der Waals surface area contributed by atoms with E-state index in [2.05, 4.69) is 13.0 Å². The van der Waals surface area contributed by atoms with Gasteiger partial charge in [0.1, 0.15) is 0 Å². The summed E-state index contributed by atoms with van der Waals surface area (Å²) in [5, 5.41) is 0. The highest BCUT2D eigenvalue weighted by molar-refractivity contribution is 5.06. The third kappa shape index (κ3) is 1.34. The standard InChI is InChI=1S/C7H12O/c1-2-3-7-4-5-8-6-7/h4H,2-3,5-6H2,1H3. The van der Waals surface area contributed by atoms with E-state index in [-0.39, 0.29) is 0 Å². The summed E-state index contributed by atoms with van der Waals surface area (Å²) in [4.78, 5) is 0. The Hall–Kier alpha value is -0.300. The van der Waals surface area contributed by atoms with Crippen LogP contribution in [-0.4, -0.2) is 13.2 Å². The number of ether oxygens (including phenoxy) is 1. The van der Waals surface area contributed by atoms with Crippen LogP contribution >= 0.6 is 0 Å². The molecule has 0 N–H and O–H groups in total. The Balaban J connectivity index is 2.23. The Kier molecular flexibility index (Phi) is 2.10. The van der Waals surface area contributed by atoms with Gasteiger partial charge in [-0.1, -0.05) is 19.4 Å². The van der Waals surface area contributed by atoms with E-state index >= 15 is 0 Å². The second-order valence-electron chi connectivity index (χ2n) is 2.13. The third-order valence-corrected chi connectivity index (χ3v) is 1.35. The highest BCUT2D eigenvalue weighted by Crippen LogP contribution is 2.09. The molecule has 1 heteroatoms. The van der Waals surface area contributed by atoms with E-state index in [1.807, 2.05) is 0 Å². The van der Waals surface area contributed by atoms with Crippen molar-refractivity contribution in [3.05, 3.63) is 11.6 Å². The number of hydrogen-bond acceptors (Lipinski definition) is 1. The van der Waals surface area contributed by atoms with Crippen molar-refractivity contribution in [3.63, 3.8) is 0 Å². The molecule has 0 bridgehead atoms. The van der Waals surface area contributed by atoms with Crippen molar-refractivity contribution < 1.29 is 4.74 Å². The van der Waals surface area contributed by atoms with Gasteiger partial charge in [-0.3, -0.25) is 0 Å². The van der Waals surface area contributed by atoms with Crippen LogP contribution in [0.15, 0.2) is 11.6 Å². The van der Waals surface area contributed by atoms with Crippen LogP contribution in [0.5, 0.6) is 0 Å². The molecule has 1 nitrogen and oxygen atoms in total. The van der Waals surface area contributed by atoms with Crippen molar-refractivity contribution in [2.45, 2.75) is 19.8 Å². The van der Waals surface area contributed by atoms with Gasteiger partial charge in [-0.25, -0.2) is 0 Å². The maximum absolute atomic E-state index is 5.12. The molecule has 0 aromatic rings. The summed E-state index contributed by atoms with van der Waals surface area (Å²) in [6.45, 7) is 3.92. The minimum atomic E-state index is 0.843. The fourth-order valence-corrected chi connectivity index (χ4v) is 0.921. The lowest BCUT2D eigenvalue weighted by Crippen LogP contribution is -1.85. The molecule has 1 heterocycles. The minimum absolute atomic E-state index is 0.843. The van der Waals surface area contributed by atoms with Gasteiger partial charge in [0.2, 0.25) is 0 Å². The average Bonchev–Trinajstić information content (AvgIpc) is 2.19. The van der Waals surface area contributed by atoms with Gasteiger partial charge in [0.25, 0.3) is 0 Å². The summed E-state index contributed by atoms with van der Waals surface area (Å²) in [7, 11) is 0. The second kappa shape index (κ2) is 2.88. The zero-order valence-corrected chi connectivity index (χ0v) is 5.31. The smallest absolute Gasteiger partial charge is 0.0681 e. The molecular weight excluding hydrogens is 100 g/mol. The number of hydrogen-bond donors (Lipinski definition) is 0. The molecule has 0 spiro atoms. The Bertz CT molecular complexity index is 94.6. The predicted octanol–water partition coefficient (Wildman–Crippen LogP) is 1.74. The minimum Gasteiger partial charge on any atom is -0.373 e. The Labute approximate surface area is 50.3 Å². The van der Waals surface area contributed by atoms with E-state index in [4.69, 9.17) is 4.74 Å². The molecule has 0 aromatic carbocycles. The molecule has 0 saturated heterocycles. The summed E-state index contributed by atoms with van der Waals surface area (Å²) < 4.78 is 5.12. The largest absolute Gasteiger partial charge is 0.373 e. The molecule has 0 saturated carbocycles. The van der Waals surface area contributed by atoms with E-state index in [1.54, 1.807) is 0 Å². The summed E-state index contributed by atoms with van der Waals surface area (Å²) >= 11 is 0. The first kappa shape index (κ1) is 5.83. The lowest BCUT2D eigenvalue weighted by molar-refractivity contribution is 0.207. The van der Waals surface area contributed by atoms with Gasteiger partial charge in [0.05, 0.1) is 13.2 Å². The van der Waals surface area contributed by atoms with Crippen LogP contribution in [-0.2, 0) is 4.74 Å². The first-order chi connectivity index (χ1) is 3.93. The van der Waals surface area contributed by atoms with E-state index in [1.165, 1.54) is 18.4 Å². The summed E-state index contributed by atoms with van der Waals surface area (Å²) in [6, 6.07) is 0. The molecule has 46 valence electrons. The lowest BCUT2D eigenvalue weighted by Gasteiger charge is -1.93. The normalized spacial score (nSPS) is 18.9. The SMILES string of the molecule is CCCC1=CCOC1. The first-order valence-corrected chi connectivity index (χ1v) is 3.19. The Morgan fingerprint density at radius 1 is 1.75 bits per heavy atom. The Morgan fingerprint density at radius 3 is 3.12 bits per heavy atom. The molecule has 1 rings (SSSR count). The predicted molar refractivity (Wildman–Crippen MR) is 33.8 cm³/mol. The van der Waals surface area contributed by atoms with Crippen molar-refractivity contribution in [3.8, 4) is 0 Å².